The first-order valence-electron chi connectivity index (χ1n) is 8.41. The van der Waals surface area contributed by atoms with Crippen molar-refractivity contribution < 1.29 is 17.9 Å². The van der Waals surface area contributed by atoms with Crippen molar-refractivity contribution in [2.45, 2.75) is 17.4 Å². The van der Waals surface area contributed by atoms with E-state index in [9.17, 15) is 13.2 Å². The number of carbonyl (C=O) groups excluding carboxylic acids is 1. The molecule has 0 unspecified atom stereocenters. The maximum atomic E-state index is 12.4. The first kappa shape index (κ1) is 20.5. The molecule has 0 aliphatic heterocycles. The van der Waals surface area contributed by atoms with Crippen LogP contribution in [-0.4, -0.2) is 32.7 Å². The minimum atomic E-state index is -3.45. The molecular weight excluding hydrogens is 416 g/mol. The van der Waals surface area contributed by atoms with E-state index in [2.05, 4.69) is 5.32 Å². The van der Waals surface area contributed by atoms with Crippen LogP contribution < -0.4 is 10.1 Å². The Kier molecular flexibility index (Phi) is 6.50. The average Bonchev–Trinajstić information content (AvgIpc) is 3.36. The van der Waals surface area contributed by atoms with Crippen molar-refractivity contribution in [3.63, 3.8) is 0 Å². The fourth-order valence-electron chi connectivity index (χ4n) is 2.32. The van der Waals surface area contributed by atoms with Crippen LogP contribution in [0.15, 0.2) is 58.1 Å². The minimum absolute atomic E-state index is 0.244. The maximum absolute atomic E-state index is 12.4. The lowest BCUT2D eigenvalue weighted by molar-refractivity contribution is 0.0951. The largest absolute Gasteiger partial charge is 0.488 e. The Bertz CT molecular complexity index is 1040. The molecule has 0 bridgehead atoms. The number of thiophene rings is 2. The second-order valence-electron chi connectivity index (χ2n) is 6.09. The number of ether oxygens (including phenoxy) is 1. The lowest BCUT2D eigenvalue weighted by atomic mass is 10.2. The van der Waals surface area contributed by atoms with Gasteiger partial charge < -0.3 is 10.1 Å². The van der Waals surface area contributed by atoms with Gasteiger partial charge in [0, 0.05) is 29.4 Å². The molecule has 3 aromatic rings. The molecule has 0 saturated heterocycles. The molecule has 1 aromatic carbocycles. The zero-order valence-electron chi connectivity index (χ0n) is 15.4. The number of carbonyl (C=O) groups is 1. The van der Waals surface area contributed by atoms with Crippen molar-refractivity contribution in [2.24, 2.45) is 0 Å². The van der Waals surface area contributed by atoms with Gasteiger partial charge in [0.15, 0.2) is 0 Å². The van der Waals surface area contributed by atoms with E-state index in [-0.39, 0.29) is 16.7 Å². The van der Waals surface area contributed by atoms with Gasteiger partial charge in [-0.1, -0.05) is 12.1 Å². The second-order valence-corrected chi connectivity index (χ2v) is 10.7. The van der Waals surface area contributed by atoms with Crippen LogP contribution >= 0.6 is 22.7 Å². The van der Waals surface area contributed by atoms with E-state index in [1.54, 1.807) is 41.7 Å². The molecule has 6 nitrogen and oxygen atoms in total. The van der Waals surface area contributed by atoms with Crippen molar-refractivity contribution in [1.29, 1.82) is 0 Å². The lowest BCUT2D eigenvalue weighted by Gasteiger charge is -2.09. The highest BCUT2D eigenvalue weighted by Crippen LogP contribution is 2.24. The van der Waals surface area contributed by atoms with Gasteiger partial charge in [-0.25, -0.2) is 12.7 Å². The highest BCUT2D eigenvalue weighted by Gasteiger charge is 2.19. The third kappa shape index (κ3) is 4.99. The van der Waals surface area contributed by atoms with E-state index in [0.717, 1.165) is 21.1 Å². The molecule has 0 radical (unpaired) electrons. The molecule has 0 spiro atoms. The van der Waals surface area contributed by atoms with Crippen LogP contribution in [0.25, 0.3) is 0 Å². The molecule has 1 N–H and O–H groups in total. The van der Waals surface area contributed by atoms with Crippen molar-refractivity contribution >= 4 is 38.6 Å². The summed E-state index contributed by atoms with van der Waals surface area (Å²) in [6.07, 6.45) is 0. The fourth-order valence-corrected chi connectivity index (χ4v) is 5.40. The van der Waals surface area contributed by atoms with Gasteiger partial charge >= 0.3 is 0 Å². The van der Waals surface area contributed by atoms with Crippen LogP contribution in [0.1, 0.15) is 20.1 Å². The summed E-state index contributed by atoms with van der Waals surface area (Å²) in [5.74, 6) is 0.378. The first-order valence-corrected chi connectivity index (χ1v) is 11.5. The van der Waals surface area contributed by atoms with Gasteiger partial charge in [0.2, 0.25) is 0 Å². The number of sulfonamides is 1. The summed E-state index contributed by atoms with van der Waals surface area (Å²) in [5, 5.41) is 4.80. The Morgan fingerprint density at radius 3 is 2.64 bits per heavy atom. The number of nitrogens with zero attached hydrogens (tertiary/aromatic N) is 1. The van der Waals surface area contributed by atoms with Gasteiger partial charge in [-0.3, -0.25) is 4.79 Å². The summed E-state index contributed by atoms with van der Waals surface area (Å²) in [7, 11) is -0.474. The molecule has 3 rings (SSSR count). The summed E-state index contributed by atoms with van der Waals surface area (Å²) in [6.45, 7) is 0.716. The highest BCUT2D eigenvalue weighted by atomic mass is 32.2. The zero-order valence-corrected chi connectivity index (χ0v) is 17.9. The third-order valence-corrected chi connectivity index (χ3v) is 8.07. The summed E-state index contributed by atoms with van der Waals surface area (Å²) < 4.78 is 31.4. The number of hydrogen-bond acceptors (Lipinski definition) is 6. The van der Waals surface area contributed by atoms with E-state index in [4.69, 9.17) is 4.74 Å². The quantitative estimate of drug-likeness (QED) is 0.586. The van der Waals surface area contributed by atoms with Crippen molar-refractivity contribution in [2.75, 3.05) is 14.1 Å². The third-order valence-electron chi connectivity index (χ3n) is 3.85. The van der Waals surface area contributed by atoms with Gasteiger partial charge in [-0.05, 0) is 41.8 Å². The average molecular weight is 437 g/mol. The molecule has 0 saturated carbocycles. The maximum Gasteiger partial charge on any atom is 0.252 e. The Labute approximate surface area is 172 Å². The molecule has 28 heavy (non-hydrogen) atoms. The van der Waals surface area contributed by atoms with Crippen molar-refractivity contribution in [1.82, 2.24) is 9.62 Å². The molecule has 0 atom stereocenters. The van der Waals surface area contributed by atoms with Crippen LogP contribution in [0.5, 0.6) is 5.75 Å². The summed E-state index contributed by atoms with van der Waals surface area (Å²) in [6, 6.07) is 14.2. The molecule has 2 heterocycles. The number of rotatable bonds is 8. The molecule has 0 aliphatic rings. The predicted octanol–water partition coefficient (Wildman–Crippen LogP) is 3.57. The molecule has 148 valence electrons. The Hall–Kier alpha value is -2.20. The van der Waals surface area contributed by atoms with Crippen LogP contribution in [0, 0.1) is 0 Å². The van der Waals surface area contributed by atoms with Gasteiger partial charge in [-0.15, -0.1) is 22.7 Å². The van der Waals surface area contributed by atoms with E-state index in [1.165, 1.54) is 18.4 Å². The normalized spacial score (nSPS) is 11.5. The molecule has 0 fully saturated rings. The van der Waals surface area contributed by atoms with Crippen molar-refractivity contribution in [3.8, 4) is 5.75 Å². The Morgan fingerprint density at radius 2 is 1.93 bits per heavy atom. The number of nitrogens with one attached hydrogen (secondary N) is 1. The predicted molar refractivity (Wildman–Crippen MR) is 111 cm³/mol. The van der Waals surface area contributed by atoms with Crippen molar-refractivity contribution in [3.05, 3.63) is 69.2 Å². The van der Waals surface area contributed by atoms with E-state index in [1.807, 2.05) is 23.6 Å². The zero-order chi connectivity index (χ0) is 20.1. The molecule has 0 aliphatic carbocycles. The monoisotopic (exact) mass is 436 g/mol. The van der Waals surface area contributed by atoms with Gasteiger partial charge in [0.1, 0.15) is 16.6 Å². The summed E-state index contributed by atoms with van der Waals surface area (Å²) in [4.78, 5) is 14.3. The minimum Gasteiger partial charge on any atom is -0.488 e. The Balaban J connectivity index is 1.59. The molecular formula is C19H20N2O4S3. The van der Waals surface area contributed by atoms with E-state index < -0.39 is 10.0 Å². The number of benzene rings is 1. The van der Waals surface area contributed by atoms with E-state index in [0.29, 0.717) is 17.9 Å². The topological polar surface area (TPSA) is 75.7 Å². The van der Waals surface area contributed by atoms with Gasteiger partial charge in [-0.2, -0.15) is 0 Å². The smallest absolute Gasteiger partial charge is 0.252 e. The van der Waals surface area contributed by atoms with E-state index >= 15 is 0 Å². The molecule has 9 heteroatoms. The SMILES string of the molecule is CN(C)S(=O)(=O)c1ccc(CNC(=O)c2cccc(OCc3cccs3)c2)s1. The summed E-state index contributed by atoms with van der Waals surface area (Å²) >= 11 is 2.76. The van der Waals surface area contributed by atoms with Crippen LogP contribution in [0.4, 0.5) is 0 Å². The second kappa shape index (κ2) is 8.87. The Morgan fingerprint density at radius 1 is 1.11 bits per heavy atom. The highest BCUT2D eigenvalue weighted by molar-refractivity contribution is 7.91. The standard InChI is InChI=1S/C19H20N2O4S3/c1-21(2)28(23,24)18-9-8-16(27-18)12-20-19(22)14-5-3-6-15(11-14)25-13-17-7-4-10-26-17/h3-11H,12-13H2,1-2H3,(H,20,22). The van der Waals surface area contributed by atoms with Crippen LogP contribution in [0.2, 0.25) is 0 Å². The van der Waals surface area contributed by atoms with Gasteiger partial charge in [0.05, 0.1) is 6.54 Å². The number of hydrogen-bond donors (Lipinski definition) is 1. The van der Waals surface area contributed by atoms with Gasteiger partial charge in [0.25, 0.3) is 15.9 Å². The molecule has 2 aromatic heterocycles. The molecule has 1 amide bonds. The van der Waals surface area contributed by atoms with Crippen LogP contribution in [0.3, 0.4) is 0 Å². The summed E-state index contributed by atoms with van der Waals surface area (Å²) in [5.41, 5.74) is 0.487. The fraction of sp³-hybridized carbons (Fsp3) is 0.211. The van der Waals surface area contributed by atoms with Crippen LogP contribution in [-0.2, 0) is 23.2 Å². The number of amides is 1. The lowest BCUT2D eigenvalue weighted by Crippen LogP contribution is -2.22. The first-order chi connectivity index (χ1) is 13.4.